The first kappa shape index (κ1) is 22.0. The molecular weight excluding hydrogens is 454 g/mol. The zero-order chi connectivity index (χ0) is 24.8. The molecule has 1 fully saturated rings. The van der Waals surface area contributed by atoms with E-state index in [2.05, 4.69) is 27.2 Å². The van der Waals surface area contributed by atoms with Crippen LogP contribution in [0.2, 0.25) is 0 Å². The number of fused-ring (bicyclic) bond motifs is 3. The van der Waals surface area contributed by atoms with Crippen LogP contribution in [0.15, 0.2) is 66.9 Å². The predicted octanol–water partition coefficient (Wildman–Crippen LogP) is 3.06. The number of piperazine rings is 1. The molecule has 0 aliphatic carbocycles. The van der Waals surface area contributed by atoms with E-state index in [1.807, 2.05) is 65.7 Å². The van der Waals surface area contributed by atoms with Crippen molar-refractivity contribution in [3.8, 4) is 16.9 Å². The number of aromatic nitrogens is 4. The number of primary amides is 1. The van der Waals surface area contributed by atoms with Crippen molar-refractivity contribution in [1.29, 1.82) is 0 Å². The third-order valence-corrected chi connectivity index (χ3v) is 6.84. The van der Waals surface area contributed by atoms with Crippen molar-refractivity contribution < 1.29 is 9.59 Å². The summed E-state index contributed by atoms with van der Waals surface area (Å²) >= 11 is 0. The van der Waals surface area contributed by atoms with Crippen molar-refractivity contribution in [3.63, 3.8) is 0 Å². The molecule has 3 aromatic carbocycles. The second kappa shape index (κ2) is 8.62. The normalized spacial score (nSPS) is 14.5. The van der Waals surface area contributed by atoms with Gasteiger partial charge in [0.25, 0.3) is 11.8 Å². The monoisotopic (exact) mass is 479 g/mol. The SMILES string of the molecule is CN1CCN(C(=O)c2ccc3c(c2)[nH]c2c(C(N)=O)ccc(-n4cc(-c5ccccc5)nn4)c23)CC1. The van der Waals surface area contributed by atoms with Crippen molar-refractivity contribution in [2.75, 3.05) is 33.2 Å². The van der Waals surface area contributed by atoms with Crippen molar-refractivity contribution >= 4 is 33.6 Å². The number of benzene rings is 3. The molecule has 9 heteroatoms. The van der Waals surface area contributed by atoms with Crippen LogP contribution in [0, 0.1) is 0 Å². The van der Waals surface area contributed by atoms with E-state index in [0.29, 0.717) is 29.7 Å². The Balaban J connectivity index is 1.47. The Morgan fingerprint density at radius 2 is 1.75 bits per heavy atom. The fourth-order valence-corrected chi connectivity index (χ4v) is 4.84. The second-order valence-corrected chi connectivity index (χ2v) is 9.14. The number of carbonyl (C=O) groups excluding carboxylic acids is 2. The van der Waals surface area contributed by atoms with Gasteiger partial charge in [-0.2, -0.15) is 0 Å². The first-order valence-corrected chi connectivity index (χ1v) is 11.8. The zero-order valence-corrected chi connectivity index (χ0v) is 19.8. The molecule has 3 heterocycles. The van der Waals surface area contributed by atoms with E-state index in [1.165, 1.54) is 0 Å². The number of aromatic amines is 1. The Morgan fingerprint density at radius 3 is 2.50 bits per heavy atom. The van der Waals surface area contributed by atoms with E-state index in [0.717, 1.165) is 46.3 Å². The van der Waals surface area contributed by atoms with Crippen LogP contribution >= 0.6 is 0 Å². The maximum Gasteiger partial charge on any atom is 0.254 e. The number of nitrogens with zero attached hydrogens (tertiary/aromatic N) is 5. The van der Waals surface area contributed by atoms with Crippen LogP contribution in [-0.2, 0) is 0 Å². The van der Waals surface area contributed by atoms with Crippen LogP contribution < -0.4 is 5.73 Å². The van der Waals surface area contributed by atoms with Crippen LogP contribution in [0.1, 0.15) is 20.7 Å². The number of hydrogen-bond donors (Lipinski definition) is 2. The molecule has 2 amide bonds. The molecule has 0 bridgehead atoms. The molecule has 0 saturated carbocycles. The molecule has 0 spiro atoms. The average molecular weight is 480 g/mol. The third-order valence-electron chi connectivity index (χ3n) is 6.84. The number of nitrogens with one attached hydrogen (secondary N) is 1. The van der Waals surface area contributed by atoms with Crippen LogP contribution in [0.3, 0.4) is 0 Å². The molecule has 6 rings (SSSR count). The van der Waals surface area contributed by atoms with Gasteiger partial charge in [-0.3, -0.25) is 9.59 Å². The topological polar surface area (TPSA) is 113 Å². The Kier molecular flexibility index (Phi) is 5.26. The average Bonchev–Trinajstić information content (AvgIpc) is 3.54. The Morgan fingerprint density at radius 1 is 0.972 bits per heavy atom. The molecule has 36 heavy (non-hydrogen) atoms. The largest absolute Gasteiger partial charge is 0.366 e. The van der Waals surface area contributed by atoms with Gasteiger partial charge < -0.3 is 20.5 Å². The van der Waals surface area contributed by atoms with Gasteiger partial charge in [0.05, 0.1) is 23.0 Å². The molecule has 1 aliphatic rings. The van der Waals surface area contributed by atoms with Crippen LogP contribution in [0.5, 0.6) is 0 Å². The summed E-state index contributed by atoms with van der Waals surface area (Å²) < 4.78 is 1.70. The molecule has 0 atom stereocenters. The van der Waals surface area contributed by atoms with E-state index in [1.54, 1.807) is 10.7 Å². The maximum absolute atomic E-state index is 13.2. The third kappa shape index (κ3) is 3.70. The summed E-state index contributed by atoms with van der Waals surface area (Å²) in [6.07, 6.45) is 1.86. The van der Waals surface area contributed by atoms with E-state index >= 15 is 0 Å². The lowest BCUT2D eigenvalue weighted by Crippen LogP contribution is -2.47. The molecule has 1 saturated heterocycles. The highest BCUT2D eigenvalue weighted by atomic mass is 16.2. The summed E-state index contributed by atoms with van der Waals surface area (Å²) in [7, 11) is 2.06. The first-order valence-electron chi connectivity index (χ1n) is 11.8. The maximum atomic E-state index is 13.2. The minimum absolute atomic E-state index is 0.00258. The number of H-pyrrole nitrogens is 1. The summed E-state index contributed by atoms with van der Waals surface area (Å²) in [5, 5.41) is 10.4. The summed E-state index contributed by atoms with van der Waals surface area (Å²) in [5.41, 5.74) is 10.5. The Labute approximate surface area is 207 Å². The van der Waals surface area contributed by atoms with Gasteiger partial charge in [0.1, 0.15) is 5.69 Å². The molecule has 9 nitrogen and oxygen atoms in total. The number of hydrogen-bond acceptors (Lipinski definition) is 5. The lowest BCUT2D eigenvalue weighted by Gasteiger charge is -2.32. The molecule has 180 valence electrons. The molecule has 3 N–H and O–H groups in total. The second-order valence-electron chi connectivity index (χ2n) is 9.14. The quantitative estimate of drug-likeness (QED) is 0.411. The first-order chi connectivity index (χ1) is 17.5. The van der Waals surface area contributed by atoms with E-state index < -0.39 is 5.91 Å². The molecule has 0 radical (unpaired) electrons. The van der Waals surface area contributed by atoms with Gasteiger partial charge in [-0.25, -0.2) is 4.68 Å². The van der Waals surface area contributed by atoms with Crippen molar-refractivity contribution in [2.45, 2.75) is 0 Å². The van der Waals surface area contributed by atoms with Gasteiger partial charge in [-0.1, -0.05) is 41.6 Å². The summed E-state index contributed by atoms with van der Waals surface area (Å²) in [4.78, 5) is 32.8. The number of amides is 2. The highest BCUT2D eigenvalue weighted by molar-refractivity contribution is 6.18. The lowest BCUT2D eigenvalue weighted by atomic mass is 10.0. The number of likely N-dealkylation sites (N-methyl/N-ethyl adjacent to an activating group) is 1. The Hall–Kier alpha value is -4.50. The van der Waals surface area contributed by atoms with Gasteiger partial charge in [-0.05, 0) is 31.3 Å². The molecule has 2 aromatic heterocycles. The van der Waals surface area contributed by atoms with Gasteiger partial charge >= 0.3 is 0 Å². The molecule has 1 aliphatic heterocycles. The van der Waals surface area contributed by atoms with E-state index in [4.69, 9.17) is 5.73 Å². The standard InChI is InChI=1S/C27H25N7O2/c1-32-11-13-33(14-12-32)27(36)18-7-8-19-21(15-18)29-25-20(26(28)35)9-10-23(24(19)25)34-16-22(30-31-34)17-5-3-2-4-6-17/h2-10,15-16,29H,11-14H2,1H3,(H2,28,35). The fraction of sp³-hybridized carbons (Fsp3) is 0.185. The number of carbonyl (C=O) groups is 2. The van der Waals surface area contributed by atoms with Gasteiger partial charge in [0.2, 0.25) is 0 Å². The minimum atomic E-state index is -0.532. The summed E-state index contributed by atoms with van der Waals surface area (Å²) in [5.74, 6) is -0.529. The smallest absolute Gasteiger partial charge is 0.254 e. The molecule has 5 aromatic rings. The van der Waals surface area contributed by atoms with E-state index in [-0.39, 0.29) is 5.91 Å². The summed E-state index contributed by atoms with van der Waals surface area (Å²) in [6.45, 7) is 3.11. The van der Waals surface area contributed by atoms with Crippen LogP contribution in [-0.4, -0.2) is 74.8 Å². The zero-order valence-electron chi connectivity index (χ0n) is 19.8. The fourth-order valence-electron chi connectivity index (χ4n) is 4.84. The number of nitrogens with two attached hydrogens (primary N) is 1. The highest BCUT2D eigenvalue weighted by Gasteiger charge is 2.22. The van der Waals surface area contributed by atoms with Crippen molar-refractivity contribution in [1.82, 2.24) is 29.8 Å². The van der Waals surface area contributed by atoms with Gasteiger partial charge in [0.15, 0.2) is 0 Å². The molecule has 0 unspecified atom stereocenters. The lowest BCUT2D eigenvalue weighted by molar-refractivity contribution is 0.0664. The molecular formula is C27H25N7O2. The van der Waals surface area contributed by atoms with Gasteiger partial charge in [0, 0.05) is 53.6 Å². The Bertz CT molecular complexity index is 1610. The highest BCUT2D eigenvalue weighted by Crippen LogP contribution is 2.34. The van der Waals surface area contributed by atoms with Crippen LogP contribution in [0.4, 0.5) is 0 Å². The number of rotatable bonds is 4. The van der Waals surface area contributed by atoms with Gasteiger partial charge in [-0.15, -0.1) is 5.10 Å². The van der Waals surface area contributed by atoms with Crippen molar-refractivity contribution in [3.05, 3.63) is 78.0 Å². The summed E-state index contributed by atoms with van der Waals surface area (Å²) in [6, 6.07) is 18.9. The van der Waals surface area contributed by atoms with Crippen molar-refractivity contribution in [2.24, 2.45) is 5.73 Å². The van der Waals surface area contributed by atoms with Crippen LogP contribution in [0.25, 0.3) is 38.8 Å². The predicted molar refractivity (Wildman–Crippen MR) is 138 cm³/mol. The van der Waals surface area contributed by atoms with E-state index in [9.17, 15) is 9.59 Å². The minimum Gasteiger partial charge on any atom is -0.366 e.